The van der Waals surface area contributed by atoms with Crippen molar-refractivity contribution in [2.45, 2.75) is 20.0 Å². The van der Waals surface area contributed by atoms with Crippen LogP contribution in [-0.4, -0.2) is 31.4 Å². The van der Waals surface area contributed by atoms with E-state index in [1.54, 1.807) is 0 Å². The van der Waals surface area contributed by atoms with E-state index in [0.29, 0.717) is 0 Å². The number of rotatable bonds is 4. The summed E-state index contributed by atoms with van der Waals surface area (Å²) in [7, 11) is -3.64. The predicted molar refractivity (Wildman–Crippen MR) is 37.6 cm³/mol. The van der Waals surface area contributed by atoms with Crippen LogP contribution in [0, 0.1) is 0 Å². The molecular formula is C5H10O5S. The molecule has 0 rings (SSSR count). The van der Waals surface area contributed by atoms with E-state index in [9.17, 15) is 13.2 Å². The van der Waals surface area contributed by atoms with Crippen LogP contribution in [0.15, 0.2) is 0 Å². The van der Waals surface area contributed by atoms with Crippen LogP contribution in [0.1, 0.15) is 13.8 Å². The highest BCUT2D eigenvalue weighted by Crippen LogP contribution is 1.99. The van der Waals surface area contributed by atoms with E-state index >= 15 is 0 Å². The Morgan fingerprint density at radius 2 is 2.09 bits per heavy atom. The first-order valence-electron chi connectivity index (χ1n) is 3.03. The monoisotopic (exact) mass is 182 g/mol. The number of hydrogen-bond acceptors (Lipinski definition) is 4. The van der Waals surface area contributed by atoms with Crippen LogP contribution in [0.4, 0.5) is 0 Å². The molecule has 11 heavy (non-hydrogen) atoms. The third-order valence-electron chi connectivity index (χ3n) is 0.992. The molecule has 66 valence electrons. The molecule has 0 aliphatic carbocycles. The summed E-state index contributed by atoms with van der Waals surface area (Å²) >= 11 is 0. The first-order chi connectivity index (χ1) is 4.89. The average Bonchev–Trinajstić information content (AvgIpc) is 1.87. The molecule has 0 fully saturated rings. The second-order valence-corrected chi connectivity index (χ2v) is 3.81. The van der Waals surface area contributed by atoms with Crippen LogP contribution in [0.5, 0.6) is 0 Å². The fraction of sp³-hybridized carbons (Fsp3) is 0.800. The van der Waals surface area contributed by atoms with Gasteiger partial charge in [0.25, 0.3) is 10.1 Å². The normalized spacial score (nSPS) is 14.4. The smallest absolute Gasteiger partial charge is 0.334 e. The molecule has 0 aliphatic heterocycles. The van der Waals surface area contributed by atoms with Gasteiger partial charge in [-0.05, 0) is 13.8 Å². The van der Waals surface area contributed by atoms with Crippen molar-refractivity contribution in [3.63, 3.8) is 0 Å². The van der Waals surface area contributed by atoms with Crippen molar-refractivity contribution in [1.29, 1.82) is 0 Å². The van der Waals surface area contributed by atoms with Crippen LogP contribution in [0.25, 0.3) is 0 Å². The molecule has 0 saturated heterocycles. The van der Waals surface area contributed by atoms with Gasteiger partial charge in [0.2, 0.25) is 0 Å². The summed E-state index contributed by atoms with van der Waals surface area (Å²) in [6.45, 7) is 2.54. The van der Waals surface area contributed by atoms with Gasteiger partial charge in [0.1, 0.15) is 0 Å². The second kappa shape index (κ2) is 3.68. The Bertz CT molecular complexity index is 229. The Morgan fingerprint density at radius 3 is 2.36 bits per heavy atom. The Hall–Kier alpha value is -0.620. The lowest BCUT2D eigenvalue weighted by atomic mass is 10.4. The van der Waals surface area contributed by atoms with Crippen molar-refractivity contribution in [2.75, 3.05) is 5.75 Å². The zero-order chi connectivity index (χ0) is 9.07. The lowest BCUT2D eigenvalue weighted by molar-refractivity contribution is -0.144. The number of carbonyl (C=O) groups is 1. The highest BCUT2D eigenvalue weighted by molar-refractivity contribution is 7.86. The largest absolute Gasteiger partial charge is 0.479 e. The molecule has 5 nitrogen and oxygen atoms in total. The van der Waals surface area contributed by atoms with Gasteiger partial charge in [0.05, 0.1) is 5.75 Å². The topological polar surface area (TPSA) is 80.7 Å². The van der Waals surface area contributed by atoms with Gasteiger partial charge in [-0.25, -0.2) is 4.79 Å². The molecular weight excluding hydrogens is 172 g/mol. The summed E-state index contributed by atoms with van der Waals surface area (Å²) in [5.41, 5.74) is 0. The minimum Gasteiger partial charge on any atom is -0.479 e. The summed E-state index contributed by atoms with van der Waals surface area (Å²) in [6, 6.07) is 0. The van der Waals surface area contributed by atoms with Gasteiger partial charge in [0, 0.05) is 0 Å². The Balaban J connectivity index is 4.16. The van der Waals surface area contributed by atoms with Crippen LogP contribution in [0.2, 0.25) is 0 Å². The molecule has 0 amide bonds. The summed E-state index contributed by atoms with van der Waals surface area (Å²) in [5.74, 6) is -1.51. The minimum atomic E-state index is -3.64. The van der Waals surface area contributed by atoms with Gasteiger partial charge in [-0.3, -0.25) is 4.18 Å². The third kappa shape index (κ3) is 3.94. The van der Waals surface area contributed by atoms with Gasteiger partial charge >= 0.3 is 5.97 Å². The SMILES string of the molecule is CCS(=O)(=O)OC(C)C(=O)O. The number of aliphatic carboxylic acids is 1. The lowest BCUT2D eigenvalue weighted by Crippen LogP contribution is -2.24. The molecule has 1 atom stereocenters. The quantitative estimate of drug-likeness (QED) is 0.610. The van der Waals surface area contributed by atoms with Crippen molar-refractivity contribution in [1.82, 2.24) is 0 Å². The molecule has 0 aromatic rings. The van der Waals surface area contributed by atoms with E-state index in [-0.39, 0.29) is 5.75 Å². The maximum atomic E-state index is 10.6. The summed E-state index contributed by atoms with van der Waals surface area (Å²) in [6.07, 6.45) is -1.31. The Kier molecular flexibility index (Phi) is 3.47. The molecule has 0 aromatic carbocycles. The van der Waals surface area contributed by atoms with Crippen molar-refractivity contribution < 1.29 is 22.5 Å². The predicted octanol–water partition coefficient (Wildman–Crippen LogP) is -0.174. The first kappa shape index (κ1) is 10.4. The van der Waals surface area contributed by atoms with Crippen molar-refractivity contribution in [2.24, 2.45) is 0 Å². The maximum absolute atomic E-state index is 10.6. The number of carboxylic acid groups (broad SMARTS) is 1. The fourth-order valence-corrected chi connectivity index (χ4v) is 0.987. The maximum Gasteiger partial charge on any atom is 0.334 e. The lowest BCUT2D eigenvalue weighted by Gasteiger charge is -2.05. The number of carboxylic acids is 1. The average molecular weight is 182 g/mol. The Morgan fingerprint density at radius 1 is 1.64 bits per heavy atom. The zero-order valence-electron chi connectivity index (χ0n) is 6.27. The molecule has 6 heteroatoms. The molecule has 0 aliphatic rings. The summed E-state index contributed by atoms with van der Waals surface area (Å²) in [5, 5.41) is 8.25. The van der Waals surface area contributed by atoms with Gasteiger partial charge in [-0.1, -0.05) is 0 Å². The van der Waals surface area contributed by atoms with Gasteiger partial charge in [0.15, 0.2) is 6.10 Å². The molecule has 1 N–H and O–H groups in total. The standard InChI is InChI=1S/C5H10O5S/c1-3-11(8,9)10-4(2)5(6)7/h4H,3H2,1-2H3,(H,6,7). The molecule has 0 bridgehead atoms. The van der Waals surface area contributed by atoms with E-state index in [1.165, 1.54) is 6.92 Å². The Labute approximate surface area is 65.1 Å². The van der Waals surface area contributed by atoms with Crippen LogP contribution < -0.4 is 0 Å². The fourth-order valence-electron chi connectivity index (χ4n) is 0.329. The van der Waals surface area contributed by atoms with Crippen LogP contribution in [0.3, 0.4) is 0 Å². The van der Waals surface area contributed by atoms with E-state index in [1.807, 2.05) is 0 Å². The summed E-state index contributed by atoms with van der Waals surface area (Å²) < 4.78 is 25.5. The van der Waals surface area contributed by atoms with E-state index in [4.69, 9.17) is 5.11 Å². The van der Waals surface area contributed by atoms with E-state index in [2.05, 4.69) is 4.18 Å². The van der Waals surface area contributed by atoms with Crippen LogP contribution in [-0.2, 0) is 19.1 Å². The molecule has 1 unspecified atom stereocenters. The van der Waals surface area contributed by atoms with Crippen molar-refractivity contribution in [3.05, 3.63) is 0 Å². The molecule has 0 radical (unpaired) electrons. The van der Waals surface area contributed by atoms with Gasteiger partial charge in [-0.2, -0.15) is 8.42 Å². The zero-order valence-corrected chi connectivity index (χ0v) is 7.09. The highest BCUT2D eigenvalue weighted by Gasteiger charge is 2.18. The van der Waals surface area contributed by atoms with Crippen molar-refractivity contribution >= 4 is 16.1 Å². The van der Waals surface area contributed by atoms with Gasteiger partial charge < -0.3 is 5.11 Å². The van der Waals surface area contributed by atoms with E-state index in [0.717, 1.165) is 6.92 Å². The highest BCUT2D eigenvalue weighted by atomic mass is 32.2. The molecule has 0 heterocycles. The summed E-state index contributed by atoms with van der Waals surface area (Å²) in [4.78, 5) is 10.1. The second-order valence-electron chi connectivity index (χ2n) is 1.92. The first-order valence-corrected chi connectivity index (χ1v) is 4.60. The molecule has 0 aromatic heterocycles. The minimum absolute atomic E-state index is 0.218. The molecule has 0 spiro atoms. The molecule has 0 saturated carbocycles. The number of hydrogen-bond donors (Lipinski definition) is 1. The van der Waals surface area contributed by atoms with Crippen LogP contribution >= 0.6 is 0 Å². The van der Waals surface area contributed by atoms with E-state index < -0.39 is 22.2 Å². The van der Waals surface area contributed by atoms with Gasteiger partial charge in [-0.15, -0.1) is 0 Å². The third-order valence-corrected chi connectivity index (χ3v) is 2.28. The van der Waals surface area contributed by atoms with Crippen molar-refractivity contribution in [3.8, 4) is 0 Å².